The molecule has 0 saturated heterocycles. The van der Waals surface area contributed by atoms with Gasteiger partial charge in [0.2, 0.25) is 5.91 Å². The number of nitrogens with one attached hydrogen (secondary N) is 2. The van der Waals surface area contributed by atoms with Crippen LogP contribution in [0.3, 0.4) is 0 Å². The summed E-state index contributed by atoms with van der Waals surface area (Å²) in [4.78, 5) is 35.3. The van der Waals surface area contributed by atoms with Crippen molar-refractivity contribution >= 4 is 29.5 Å². The monoisotopic (exact) mass is 446 g/mol. The van der Waals surface area contributed by atoms with E-state index >= 15 is 0 Å². The third-order valence-electron chi connectivity index (χ3n) is 3.38. The van der Waals surface area contributed by atoms with Gasteiger partial charge in [0, 0.05) is 12.2 Å². The summed E-state index contributed by atoms with van der Waals surface area (Å²) in [5, 5.41) is 3.38. The van der Waals surface area contributed by atoms with Crippen molar-refractivity contribution in [2.75, 3.05) is 12.9 Å². The van der Waals surface area contributed by atoms with Gasteiger partial charge in [-0.1, -0.05) is 30.3 Å². The number of ether oxygens (including phenoxy) is 1. The molecule has 0 spiro atoms. The summed E-state index contributed by atoms with van der Waals surface area (Å²) < 4.78 is 79.2. The molecule has 1 rings (SSSR count). The van der Waals surface area contributed by atoms with Crippen LogP contribution in [0.5, 0.6) is 0 Å². The van der Waals surface area contributed by atoms with Gasteiger partial charge >= 0.3 is 23.6 Å². The van der Waals surface area contributed by atoms with Crippen molar-refractivity contribution in [3.63, 3.8) is 0 Å². The number of carbonyl (C=O) groups excluding carboxylic acids is 3. The quantitative estimate of drug-likeness (QED) is 0.473. The Hall–Kier alpha value is -2.44. The van der Waals surface area contributed by atoms with Crippen molar-refractivity contribution in [1.82, 2.24) is 10.6 Å². The normalized spacial score (nSPS) is 13.9. The molecule has 1 aromatic carbocycles. The third kappa shape index (κ3) is 9.07. The van der Waals surface area contributed by atoms with Crippen LogP contribution >= 0.6 is 11.8 Å². The summed E-state index contributed by atoms with van der Waals surface area (Å²) in [7, 11) is 0.868. The van der Waals surface area contributed by atoms with Crippen LogP contribution in [0.15, 0.2) is 30.3 Å². The number of thioether (sulfide) groups is 1. The number of carbonyl (C=O) groups is 3. The SMILES string of the molecule is COC(=O)[C@H](CSC(F)(F)F)NC(=O)[C@H](Cc1ccccc1)NC(=O)C(F)(F)F. The van der Waals surface area contributed by atoms with Crippen molar-refractivity contribution in [1.29, 1.82) is 0 Å². The molecule has 29 heavy (non-hydrogen) atoms. The number of hydrogen-bond acceptors (Lipinski definition) is 5. The van der Waals surface area contributed by atoms with Gasteiger partial charge in [-0.3, -0.25) is 9.59 Å². The van der Waals surface area contributed by atoms with Gasteiger partial charge in [-0.05, 0) is 17.3 Å². The fraction of sp³-hybridized carbons (Fsp3) is 0.438. The lowest BCUT2D eigenvalue weighted by atomic mass is 10.0. The first-order valence-electron chi connectivity index (χ1n) is 7.84. The summed E-state index contributed by atoms with van der Waals surface area (Å²) in [6.45, 7) is 0. The Morgan fingerprint density at radius 1 is 1.00 bits per heavy atom. The first-order valence-corrected chi connectivity index (χ1v) is 8.82. The molecule has 2 amide bonds. The van der Waals surface area contributed by atoms with Crippen LogP contribution in [-0.4, -0.2) is 54.4 Å². The van der Waals surface area contributed by atoms with Crippen LogP contribution in [0, 0.1) is 0 Å². The van der Waals surface area contributed by atoms with Crippen molar-refractivity contribution in [2.45, 2.75) is 30.2 Å². The zero-order valence-corrected chi connectivity index (χ0v) is 15.6. The van der Waals surface area contributed by atoms with Gasteiger partial charge in [0.15, 0.2) is 0 Å². The second-order valence-corrected chi connectivity index (χ2v) is 6.64. The Kier molecular flexibility index (Phi) is 8.80. The molecule has 6 nitrogen and oxygen atoms in total. The van der Waals surface area contributed by atoms with Crippen LogP contribution in [0.25, 0.3) is 0 Å². The van der Waals surface area contributed by atoms with Crippen LogP contribution in [0.1, 0.15) is 5.56 Å². The van der Waals surface area contributed by atoms with E-state index in [1.807, 2.05) is 5.32 Å². The molecular formula is C16H16F6N2O4S. The molecule has 0 unspecified atom stereocenters. The Labute approximate surface area is 165 Å². The number of halogens is 6. The minimum atomic E-state index is -5.29. The van der Waals surface area contributed by atoms with Crippen LogP contribution in [0.4, 0.5) is 26.3 Å². The lowest BCUT2D eigenvalue weighted by molar-refractivity contribution is -0.174. The molecule has 0 aliphatic rings. The first kappa shape index (κ1) is 24.6. The Morgan fingerprint density at radius 3 is 2.07 bits per heavy atom. The molecule has 0 radical (unpaired) electrons. The maximum absolute atomic E-state index is 12.6. The largest absolute Gasteiger partial charge is 0.471 e. The molecule has 0 aromatic heterocycles. The predicted molar refractivity (Wildman–Crippen MR) is 90.6 cm³/mol. The van der Waals surface area contributed by atoms with Gasteiger partial charge < -0.3 is 15.4 Å². The predicted octanol–water partition coefficient (Wildman–Crippen LogP) is 2.19. The highest BCUT2D eigenvalue weighted by Crippen LogP contribution is 2.30. The minimum Gasteiger partial charge on any atom is -0.467 e. The summed E-state index contributed by atoms with van der Waals surface area (Å²) in [6.07, 6.45) is -5.68. The highest BCUT2D eigenvalue weighted by atomic mass is 32.2. The van der Waals surface area contributed by atoms with Gasteiger partial charge in [-0.15, -0.1) is 0 Å². The molecule has 13 heteroatoms. The van der Waals surface area contributed by atoms with Gasteiger partial charge in [0.25, 0.3) is 0 Å². The Balaban J connectivity index is 2.99. The smallest absolute Gasteiger partial charge is 0.467 e. The lowest BCUT2D eigenvalue weighted by Crippen LogP contribution is -2.55. The molecule has 0 aliphatic heterocycles. The number of esters is 1. The number of hydrogen-bond donors (Lipinski definition) is 2. The van der Waals surface area contributed by atoms with E-state index in [4.69, 9.17) is 0 Å². The lowest BCUT2D eigenvalue weighted by Gasteiger charge is -2.23. The van der Waals surface area contributed by atoms with Crippen molar-refractivity contribution in [3.8, 4) is 0 Å². The highest BCUT2D eigenvalue weighted by Gasteiger charge is 2.41. The molecule has 162 valence electrons. The van der Waals surface area contributed by atoms with E-state index in [-0.39, 0.29) is 0 Å². The molecule has 2 atom stereocenters. The fourth-order valence-corrected chi connectivity index (χ4v) is 2.64. The maximum Gasteiger partial charge on any atom is 0.471 e. The van der Waals surface area contributed by atoms with E-state index in [0.29, 0.717) is 5.56 Å². The number of benzene rings is 1. The average Bonchev–Trinajstić information content (AvgIpc) is 2.63. The minimum absolute atomic E-state index is 0.370. The average molecular weight is 446 g/mol. The van der Waals surface area contributed by atoms with E-state index < -0.39 is 65.5 Å². The number of rotatable bonds is 8. The highest BCUT2D eigenvalue weighted by molar-refractivity contribution is 8.00. The molecule has 0 saturated carbocycles. The molecular weight excluding hydrogens is 430 g/mol. The van der Waals surface area contributed by atoms with Gasteiger partial charge in [0.1, 0.15) is 12.1 Å². The van der Waals surface area contributed by atoms with E-state index in [1.54, 1.807) is 6.07 Å². The van der Waals surface area contributed by atoms with Crippen molar-refractivity contribution < 1.29 is 45.5 Å². The zero-order valence-electron chi connectivity index (χ0n) is 14.8. The van der Waals surface area contributed by atoms with E-state index in [9.17, 15) is 40.7 Å². The topological polar surface area (TPSA) is 84.5 Å². The molecule has 0 heterocycles. The van der Waals surface area contributed by atoms with Gasteiger partial charge in [0.05, 0.1) is 7.11 Å². The molecule has 0 bridgehead atoms. The van der Waals surface area contributed by atoms with Crippen molar-refractivity contribution in [2.24, 2.45) is 0 Å². The van der Waals surface area contributed by atoms with E-state index in [1.165, 1.54) is 29.6 Å². The van der Waals surface area contributed by atoms with Crippen LogP contribution in [0.2, 0.25) is 0 Å². The number of methoxy groups -OCH3 is 1. The maximum atomic E-state index is 12.6. The Morgan fingerprint density at radius 2 is 1.59 bits per heavy atom. The molecule has 0 aliphatic carbocycles. The standard InChI is InChI=1S/C16H16F6N2O4S/c1-28-13(26)11(8-29-16(20,21)22)23-12(25)10(24-14(27)15(17,18)19)7-9-5-3-2-4-6-9/h2-6,10-11H,7-8H2,1H3,(H,23,25)(H,24,27)/t10-,11-/m0/s1. The summed E-state index contributed by atoms with van der Waals surface area (Å²) in [5.74, 6) is -5.87. The van der Waals surface area contributed by atoms with Crippen LogP contribution in [-0.2, 0) is 25.5 Å². The molecule has 2 N–H and O–H groups in total. The number of amides is 2. The van der Waals surface area contributed by atoms with E-state index in [0.717, 1.165) is 7.11 Å². The molecule has 1 aromatic rings. The second kappa shape index (κ2) is 10.4. The fourth-order valence-electron chi connectivity index (χ4n) is 2.06. The summed E-state index contributed by atoms with van der Waals surface area (Å²) in [6, 6.07) is 4.03. The first-order chi connectivity index (χ1) is 13.3. The van der Waals surface area contributed by atoms with Gasteiger partial charge in [-0.25, -0.2) is 4.79 Å². The van der Waals surface area contributed by atoms with Gasteiger partial charge in [-0.2, -0.15) is 26.3 Å². The van der Waals surface area contributed by atoms with E-state index in [2.05, 4.69) is 4.74 Å². The second-order valence-electron chi connectivity index (χ2n) is 5.55. The molecule has 0 fully saturated rings. The Bertz CT molecular complexity index is 712. The van der Waals surface area contributed by atoms with Crippen molar-refractivity contribution in [3.05, 3.63) is 35.9 Å². The van der Waals surface area contributed by atoms with Crippen LogP contribution < -0.4 is 10.6 Å². The number of alkyl halides is 6. The third-order valence-corrected chi connectivity index (χ3v) is 4.21. The summed E-state index contributed by atoms with van der Waals surface area (Å²) in [5.41, 5.74) is -4.35. The zero-order chi connectivity index (χ0) is 22.2. The summed E-state index contributed by atoms with van der Waals surface area (Å²) >= 11 is -0.622.